The lowest BCUT2D eigenvalue weighted by atomic mass is 9.88. The summed E-state index contributed by atoms with van der Waals surface area (Å²) in [5, 5.41) is 14.1. The minimum Gasteiger partial charge on any atom is -0.490 e. The molecule has 0 saturated heterocycles. The maximum absolute atomic E-state index is 13.6. The van der Waals surface area contributed by atoms with Crippen LogP contribution in [0.3, 0.4) is 0 Å². The summed E-state index contributed by atoms with van der Waals surface area (Å²) < 4.78 is 14.4. The van der Waals surface area contributed by atoms with Gasteiger partial charge in [-0.1, -0.05) is 35.2 Å². The lowest BCUT2D eigenvalue weighted by Crippen LogP contribution is -2.25. The van der Waals surface area contributed by atoms with Gasteiger partial charge in [0.15, 0.2) is 18.1 Å². The van der Waals surface area contributed by atoms with E-state index in [0.29, 0.717) is 43.6 Å². The highest BCUT2D eigenvalue weighted by Gasteiger charge is 2.23. The predicted molar refractivity (Wildman–Crippen MR) is 149 cm³/mol. The number of hydrogen-bond donors (Lipinski definition) is 1. The zero-order chi connectivity index (χ0) is 25.8. The molecule has 1 heterocycles. The molecule has 0 atom stereocenters. The Kier molecular flexibility index (Phi) is 8.84. The molecule has 1 fully saturated rings. The third-order valence-electron chi connectivity index (χ3n) is 5.91. The summed E-state index contributed by atoms with van der Waals surface area (Å²) in [6, 6.07) is 7.18. The molecule has 0 bridgehead atoms. The smallest absolute Gasteiger partial charge is 0.341 e. The molecule has 190 valence electrons. The van der Waals surface area contributed by atoms with E-state index >= 15 is 0 Å². The van der Waals surface area contributed by atoms with Gasteiger partial charge in [-0.05, 0) is 75.9 Å². The lowest BCUT2D eigenvalue weighted by Gasteiger charge is -2.23. The summed E-state index contributed by atoms with van der Waals surface area (Å²) in [4.78, 5) is 29.4. The molecular formula is C25H24Br3N3O5. The Bertz CT molecular complexity index is 1380. The van der Waals surface area contributed by atoms with Crippen molar-refractivity contribution in [3.8, 4) is 11.5 Å². The Morgan fingerprint density at radius 3 is 2.61 bits per heavy atom. The number of carboxylic acids is 1. The molecule has 0 aliphatic heterocycles. The Balaban J connectivity index is 1.83. The molecule has 1 aromatic heterocycles. The number of rotatable bonds is 8. The summed E-state index contributed by atoms with van der Waals surface area (Å²) in [6.45, 7) is 1.65. The second kappa shape index (κ2) is 11.9. The van der Waals surface area contributed by atoms with Gasteiger partial charge in [-0.15, -0.1) is 0 Å². The first-order valence-corrected chi connectivity index (χ1v) is 13.9. The molecule has 2 aromatic carbocycles. The molecule has 3 aromatic rings. The topological polar surface area (TPSA) is 103 Å². The summed E-state index contributed by atoms with van der Waals surface area (Å²) in [6.07, 6.45) is 6.86. The Hall–Kier alpha value is -2.24. The van der Waals surface area contributed by atoms with Gasteiger partial charge in [-0.25, -0.2) is 9.78 Å². The fraction of sp³-hybridized carbons (Fsp3) is 0.360. The van der Waals surface area contributed by atoms with Gasteiger partial charge in [-0.3, -0.25) is 4.79 Å². The van der Waals surface area contributed by atoms with E-state index in [1.54, 1.807) is 18.3 Å². The Morgan fingerprint density at radius 2 is 1.92 bits per heavy atom. The number of halogens is 3. The first-order chi connectivity index (χ1) is 17.3. The van der Waals surface area contributed by atoms with Crippen molar-refractivity contribution in [2.75, 3.05) is 13.2 Å². The van der Waals surface area contributed by atoms with Gasteiger partial charge < -0.3 is 14.6 Å². The molecule has 1 N–H and O–H groups in total. The average molecular weight is 686 g/mol. The van der Waals surface area contributed by atoms with Gasteiger partial charge in [-0.2, -0.15) is 9.78 Å². The van der Waals surface area contributed by atoms with E-state index < -0.39 is 12.6 Å². The Labute approximate surface area is 233 Å². The van der Waals surface area contributed by atoms with Crippen LogP contribution >= 0.6 is 47.8 Å². The molecular weight excluding hydrogens is 662 g/mol. The van der Waals surface area contributed by atoms with Crippen LogP contribution in [0.1, 0.15) is 56.3 Å². The predicted octanol–water partition coefficient (Wildman–Crippen LogP) is 6.48. The van der Waals surface area contributed by atoms with Crippen LogP contribution in [0, 0.1) is 0 Å². The molecule has 0 radical (unpaired) electrons. The number of aromatic nitrogens is 2. The van der Waals surface area contributed by atoms with Crippen molar-refractivity contribution in [2.24, 2.45) is 5.10 Å². The number of hydrogen-bond acceptors (Lipinski definition) is 6. The average Bonchev–Trinajstić information content (AvgIpc) is 2.86. The van der Waals surface area contributed by atoms with Gasteiger partial charge in [0, 0.05) is 20.4 Å². The van der Waals surface area contributed by atoms with Crippen LogP contribution in [0.4, 0.5) is 0 Å². The number of carbonyl (C=O) groups is 1. The number of fused-ring (bicyclic) bond motifs is 1. The summed E-state index contributed by atoms with van der Waals surface area (Å²) in [7, 11) is 0. The van der Waals surface area contributed by atoms with Crippen LogP contribution in [0.15, 0.2) is 47.6 Å². The van der Waals surface area contributed by atoms with Crippen LogP contribution < -0.4 is 15.0 Å². The summed E-state index contributed by atoms with van der Waals surface area (Å²) >= 11 is 10.4. The van der Waals surface area contributed by atoms with Crippen LogP contribution in [0.25, 0.3) is 10.9 Å². The van der Waals surface area contributed by atoms with Gasteiger partial charge in [0.1, 0.15) is 5.82 Å². The number of aliphatic carboxylic acids is 1. The van der Waals surface area contributed by atoms with Crippen LogP contribution in [-0.4, -0.2) is 40.2 Å². The van der Waals surface area contributed by atoms with E-state index in [1.165, 1.54) is 11.1 Å². The third-order valence-corrected chi connectivity index (χ3v) is 8.55. The Morgan fingerprint density at radius 1 is 1.17 bits per heavy atom. The monoisotopic (exact) mass is 683 g/mol. The lowest BCUT2D eigenvalue weighted by molar-refractivity contribution is -0.139. The second-order valence-corrected chi connectivity index (χ2v) is 10.9. The SMILES string of the molecule is CCOc1cc(C=Nn2c(C3CCCCC3)nc3ccc(Br)cc3c2=O)c(Br)c(Br)c1OCC(=O)O. The van der Waals surface area contributed by atoms with Crippen molar-refractivity contribution in [1.29, 1.82) is 0 Å². The standard InChI is InChI=1S/C25H24Br3N3O5/c1-2-35-19-10-15(21(27)22(28)23(19)36-13-20(32)33)12-29-31-24(14-6-4-3-5-7-14)30-18-9-8-16(26)11-17(18)25(31)34/h8-12,14H,2-7,13H2,1H3,(H,32,33). The fourth-order valence-electron chi connectivity index (χ4n) is 4.25. The largest absolute Gasteiger partial charge is 0.490 e. The van der Waals surface area contributed by atoms with Crippen molar-refractivity contribution in [1.82, 2.24) is 9.66 Å². The van der Waals surface area contributed by atoms with Crippen LogP contribution in [0.2, 0.25) is 0 Å². The van der Waals surface area contributed by atoms with E-state index in [2.05, 4.69) is 52.9 Å². The van der Waals surface area contributed by atoms with Gasteiger partial charge in [0.25, 0.3) is 5.56 Å². The molecule has 36 heavy (non-hydrogen) atoms. The second-order valence-electron chi connectivity index (χ2n) is 8.36. The zero-order valence-electron chi connectivity index (χ0n) is 19.5. The summed E-state index contributed by atoms with van der Waals surface area (Å²) in [5.74, 6) is 0.331. The molecule has 1 saturated carbocycles. The minimum absolute atomic E-state index is 0.151. The van der Waals surface area contributed by atoms with E-state index in [-0.39, 0.29) is 17.2 Å². The third kappa shape index (κ3) is 5.84. The van der Waals surface area contributed by atoms with Crippen molar-refractivity contribution < 1.29 is 19.4 Å². The summed E-state index contributed by atoms with van der Waals surface area (Å²) in [5.41, 5.74) is 1.03. The number of carboxylic acid groups (broad SMARTS) is 1. The molecule has 0 unspecified atom stereocenters. The van der Waals surface area contributed by atoms with Gasteiger partial charge in [0.2, 0.25) is 0 Å². The zero-order valence-corrected chi connectivity index (χ0v) is 24.2. The van der Waals surface area contributed by atoms with Crippen molar-refractivity contribution in [3.63, 3.8) is 0 Å². The maximum Gasteiger partial charge on any atom is 0.341 e. The normalized spacial score (nSPS) is 14.4. The van der Waals surface area contributed by atoms with Crippen molar-refractivity contribution >= 4 is 70.9 Å². The van der Waals surface area contributed by atoms with E-state index in [4.69, 9.17) is 19.6 Å². The fourth-order valence-corrected chi connectivity index (χ4v) is 5.55. The highest BCUT2D eigenvalue weighted by atomic mass is 79.9. The maximum atomic E-state index is 13.6. The van der Waals surface area contributed by atoms with E-state index in [9.17, 15) is 9.59 Å². The van der Waals surface area contributed by atoms with Gasteiger partial charge >= 0.3 is 5.97 Å². The molecule has 1 aliphatic carbocycles. The van der Waals surface area contributed by atoms with Crippen LogP contribution in [-0.2, 0) is 4.79 Å². The molecule has 0 spiro atoms. The van der Waals surface area contributed by atoms with E-state index in [1.807, 2.05) is 19.1 Å². The molecule has 11 heteroatoms. The number of benzene rings is 2. The molecule has 1 aliphatic rings. The minimum atomic E-state index is -1.10. The first kappa shape index (κ1) is 26.8. The number of nitrogens with zero attached hydrogens (tertiary/aromatic N) is 3. The molecule has 4 rings (SSSR count). The van der Waals surface area contributed by atoms with Crippen molar-refractivity contribution in [3.05, 3.63) is 59.4 Å². The van der Waals surface area contributed by atoms with Gasteiger partial charge in [0.05, 0.1) is 28.2 Å². The highest BCUT2D eigenvalue weighted by molar-refractivity contribution is 9.13. The first-order valence-electron chi connectivity index (χ1n) is 11.6. The molecule has 0 amide bonds. The quantitative estimate of drug-likeness (QED) is 0.273. The highest BCUT2D eigenvalue weighted by Crippen LogP contribution is 2.42. The van der Waals surface area contributed by atoms with E-state index in [0.717, 1.165) is 30.2 Å². The number of ether oxygens (including phenoxy) is 2. The van der Waals surface area contributed by atoms with Crippen LogP contribution in [0.5, 0.6) is 11.5 Å². The van der Waals surface area contributed by atoms with Crippen molar-refractivity contribution in [2.45, 2.75) is 44.9 Å². The molecule has 8 nitrogen and oxygen atoms in total.